The Hall–Kier alpha value is -4.16. The normalized spacial score (nSPS) is 13.0. The van der Waals surface area contributed by atoms with Gasteiger partial charge in [-0.15, -0.1) is 0 Å². The Morgan fingerprint density at radius 3 is 1.00 bits per heavy atom. The highest BCUT2D eigenvalue weighted by Crippen LogP contribution is 2.52. The van der Waals surface area contributed by atoms with Crippen molar-refractivity contribution < 1.29 is 0 Å². The number of hydrogen-bond acceptors (Lipinski definition) is 0. The lowest BCUT2D eigenvalue weighted by Crippen LogP contribution is -1.87. The summed E-state index contributed by atoms with van der Waals surface area (Å²) in [5, 5.41) is 22.2. The topological polar surface area (TPSA) is 0 Å². The van der Waals surface area contributed by atoms with E-state index in [0.29, 0.717) is 0 Å². The summed E-state index contributed by atoms with van der Waals surface area (Å²) in [4.78, 5) is 0. The van der Waals surface area contributed by atoms with E-state index in [1.165, 1.54) is 86.2 Å². The van der Waals surface area contributed by atoms with Gasteiger partial charge in [-0.25, -0.2) is 0 Å². The van der Waals surface area contributed by atoms with Crippen LogP contribution >= 0.6 is 0 Å². The van der Waals surface area contributed by atoms with Gasteiger partial charge in [-0.1, -0.05) is 97.1 Å². The second kappa shape index (κ2) is 5.00. The fraction of sp³-hybridized carbons (Fsp3) is 0. The van der Waals surface area contributed by atoms with Crippen LogP contribution in [0, 0.1) is 0 Å². The highest BCUT2D eigenvalue weighted by molar-refractivity contribution is 6.51. The van der Waals surface area contributed by atoms with E-state index in [-0.39, 0.29) is 0 Å². The van der Waals surface area contributed by atoms with Crippen LogP contribution < -0.4 is 0 Å². The van der Waals surface area contributed by atoms with Gasteiger partial charge in [0.1, 0.15) is 0 Å². The van der Waals surface area contributed by atoms with Gasteiger partial charge in [-0.3, -0.25) is 0 Å². The summed E-state index contributed by atoms with van der Waals surface area (Å²) >= 11 is 0. The smallest absolute Gasteiger partial charge is 0.000718 e. The molecule has 0 bridgehead atoms. The molecule has 0 fully saturated rings. The summed E-state index contributed by atoms with van der Waals surface area (Å²) < 4.78 is 0. The van der Waals surface area contributed by atoms with E-state index in [0.717, 1.165) is 0 Å². The van der Waals surface area contributed by atoms with Gasteiger partial charge < -0.3 is 0 Å². The second-order valence-electron chi connectivity index (χ2n) is 9.24. The number of hydrogen-bond donors (Lipinski definition) is 0. The van der Waals surface area contributed by atoms with Crippen LogP contribution in [0.25, 0.3) is 86.2 Å². The minimum atomic E-state index is 1.34. The molecular formula is C32H16. The zero-order chi connectivity index (χ0) is 20.6. The monoisotopic (exact) mass is 400 g/mol. The Labute approximate surface area is 183 Å². The Balaban J connectivity index is 1.81. The summed E-state index contributed by atoms with van der Waals surface area (Å²) in [6.45, 7) is 0. The summed E-state index contributed by atoms with van der Waals surface area (Å²) in [6, 6.07) is 36.5. The van der Waals surface area contributed by atoms with E-state index < -0.39 is 0 Å². The molecule has 0 atom stereocenters. The van der Waals surface area contributed by atoms with Crippen molar-refractivity contribution in [1.29, 1.82) is 0 Å². The van der Waals surface area contributed by atoms with Crippen LogP contribution in [0.5, 0.6) is 0 Å². The van der Waals surface area contributed by atoms with Crippen LogP contribution in [0.1, 0.15) is 0 Å². The van der Waals surface area contributed by atoms with Crippen molar-refractivity contribution in [1.82, 2.24) is 0 Å². The summed E-state index contributed by atoms with van der Waals surface area (Å²) in [5.74, 6) is 0. The number of fused-ring (bicyclic) bond motifs is 8. The van der Waals surface area contributed by atoms with E-state index >= 15 is 0 Å². The summed E-state index contributed by atoms with van der Waals surface area (Å²) in [5.41, 5.74) is 0. The maximum atomic E-state index is 2.37. The van der Waals surface area contributed by atoms with Gasteiger partial charge in [-0.05, 0) is 86.2 Å². The van der Waals surface area contributed by atoms with Gasteiger partial charge in [-0.2, -0.15) is 0 Å². The molecule has 0 aliphatic rings. The first kappa shape index (κ1) is 15.6. The molecule has 144 valence electrons. The van der Waals surface area contributed by atoms with E-state index in [1.54, 1.807) is 0 Å². The Morgan fingerprint density at radius 2 is 0.562 bits per heavy atom. The summed E-state index contributed by atoms with van der Waals surface area (Å²) in [7, 11) is 0. The number of rotatable bonds is 0. The summed E-state index contributed by atoms with van der Waals surface area (Å²) in [6.07, 6.45) is 0. The highest BCUT2D eigenvalue weighted by Gasteiger charge is 2.23. The van der Waals surface area contributed by atoms with E-state index in [4.69, 9.17) is 0 Å². The SMILES string of the molecule is c1ccc2c(c1)c1ccccc1c1c3ccc4ccc5ccc6ccc(c21)c1c6c5c4c31. The van der Waals surface area contributed by atoms with E-state index in [9.17, 15) is 0 Å². The highest BCUT2D eigenvalue weighted by atomic mass is 14.3. The molecule has 0 saturated heterocycles. The Kier molecular flexibility index (Phi) is 2.44. The minimum absolute atomic E-state index is 1.34. The van der Waals surface area contributed by atoms with Crippen molar-refractivity contribution in [2.24, 2.45) is 0 Å². The van der Waals surface area contributed by atoms with Gasteiger partial charge in [0.15, 0.2) is 0 Å². The zero-order valence-electron chi connectivity index (χ0n) is 17.2. The molecule has 0 saturated carbocycles. The fourth-order valence-electron chi connectivity index (χ4n) is 6.69. The molecule has 9 aromatic rings. The standard InChI is InChI=1S/C32H16/c1-3-7-22-20(5-1)21-6-2-4-8-23(21)30-25-16-14-19-12-10-17-9-11-18-13-15-24(29(22)30)31-27(18)26(17)28(19)32(25)31/h1-16H. The van der Waals surface area contributed by atoms with Gasteiger partial charge in [0.05, 0.1) is 0 Å². The van der Waals surface area contributed by atoms with Crippen LogP contribution in [-0.4, -0.2) is 0 Å². The maximum absolute atomic E-state index is 2.37. The quantitative estimate of drug-likeness (QED) is 0.223. The molecule has 0 unspecified atom stereocenters. The van der Waals surface area contributed by atoms with Crippen molar-refractivity contribution >= 4 is 86.2 Å². The van der Waals surface area contributed by atoms with Crippen molar-refractivity contribution in [3.8, 4) is 0 Å². The molecule has 0 nitrogen and oxygen atoms in total. The van der Waals surface area contributed by atoms with Gasteiger partial charge in [0.25, 0.3) is 0 Å². The van der Waals surface area contributed by atoms with Crippen LogP contribution in [-0.2, 0) is 0 Å². The molecule has 0 amide bonds. The van der Waals surface area contributed by atoms with Crippen molar-refractivity contribution in [2.75, 3.05) is 0 Å². The molecule has 32 heavy (non-hydrogen) atoms. The largest absolute Gasteiger partial charge is 0.0616 e. The molecular weight excluding hydrogens is 384 g/mol. The first-order valence-electron chi connectivity index (χ1n) is 11.3. The van der Waals surface area contributed by atoms with E-state index in [1.807, 2.05) is 0 Å². The third-order valence-corrected chi connectivity index (χ3v) is 7.87. The molecule has 0 aromatic heterocycles. The molecule has 0 heterocycles. The Bertz CT molecular complexity index is 2030. The molecule has 0 spiro atoms. The molecule has 9 aromatic carbocycles. The predicted octanol–water partition coefficient (Wildman–Crippen LogP) is 9.23. The average molecular weight is 400 g/mol. The van der Waals surface area contributed by atoms with Gasteiger partial charge >= 0.3 is 0 Å². The fourth-order valence-corrected chi connectivity index (χ4v) is 6.69. The van der Waals surface area contributed by atoms with Crippen LogP contribution in [0.15, 0.2) is 97.1 Å². The molecule has 0 radical (unpaired) electrons. The molecule has 9 rings (SSSR count). The lowest BCUT2D eigenvalue weighted by atomic mass is 9.87. The second-order valence-corrected chi connectivity index (χ2v) is 9.24. The van der Waals surface area contributed by atoms with Gasteiger partial charge in [0.2, 0.25) is 0 Å². The van der Waals surface area contributed by atoms with Crippen molar-refractivity contribution in [3.63, 3.8) is 0 Å². The maximum Gasteiger partial charge on any atom is -0.000718 e. The van der Waals surface area contributed by atoms with Crippen LogP contribution in [0.4, 0.5) is 0 Å². The molecule has 0 heteroatoms. The predicted molar refractivity (Wildman–Crippen MR) is 140 cm³/mol. The third-order valence-electron chi connectivity index (χ3n) is 7.87. The minimum Gasteiger partial charge on any atom is -0.0616 e. The zero-order valence-corrected chi connectivity index (χ0v) is 17.2. The van der Waals surface area contributed by atoms with Crippen LogP contribution in [0.2, 0.25) is 0 Å². The molecule has 0 aliphatic heterocycles. The van der Waals surface area contributed by atoms with Crippen LogP contribution in [0.3, 0.4) is 0 Å². The number of benzene rings is 8. The Morgan fingerprint density at radius 1 is 0.219 bits per heavy atom. The average Bonchev–Trinajstić information content (AvgIpc) is 3.23. The van der Waals surface area contributed by atoms with Crippen molar-refractivity contribution in [2.45, 2.75) is 0 Å². The molecule has 0 aliphatic carbocycles. The van der Waals surface area contributed by atoms with Crippen molar-refractivity contribution in [3.05, 3.63) is 97.1 Å². The molecule has 0 N–H and O–H groups in total. The first-order chi connectivity index (χ1) is 15.9. The van der Waals surface area contributed by atoms with E-state index in [2.05, 4.69) is 97.1 Å². The third kappa shape index (κ3) is 1.54. The lowest BCUT2D eigenvalue weighted by Gasteiger charge is -2.16. The lowest BCUT2D eigenvalue weighted by molar-refractivity contribution is 1.80. The van der Waals surface area contributed by atoms with Gasteiger partial charge in [0, 0.05) is 0 Å². The first-order valence-corrected chi connectivity index (χ1v) is 11.3.